The summed E-state index contributed by atoms with van der Waals surface area (Å²) in [5.74, 6) is -0.914. The predicted octanol–water partition coefficient (Wildman–Crippen LogP) is 3.52. The van der Waals surface area contributed by atoms with E-state index in [4.69, 9.17) is 4.74 Å². The number of nitrogens with one attached hydrogen (secondary N) is 1. The lowest BCUT2D eigenvalue weighted by atomic mass is 10.1. The summed E-state index contributed by atoms with van der Waals surface area (Å²) in [5.41, 5.74) is 2.47. The lowest BCUT2D eigenvalue weighted by Crippen LogP contribution is -2.36. The molecule has 6 heteroatoms. The molecule has 0 bridgehead atoms. The first kappa shape index (κ1) is 18.6. The molecule has 27 heavy (non-hydrogen) atoms. The zero-order chi connectivity index (χ0) is 19.2. The number of morpholine rings is 1. The van der Waals surface area contributed by atoms with E-state index >= 15 is 0 Å². The minimum absolute atomic E-state index is 0.0879. The van der Waals surface area contributed by atoms with Crippen LogP contribution in [0.3, 0.4) is 0 Å². The molecule has 0 spiro atoms. The van der Waals surface area contributed by atoms with Crippen molar-refractivity contribution < 1.29 is 13.9 Å². The molecular formula is C21H20FN3O2. The summed E-state index contributed by atoms with van der Waals surface area (Å²) in [6.45, 7) is 4.32. The van der Waals surface area contributed by atoms with Crippen LogP contribution >= 0.6 is 0 Å². The van der Waals surface area contributed by atoms with Gasteiger partial charge in [0.1, 0.15) is 17.5 Å². The van der Waals surface area contributed by atoms with Crippen LogP contribution in [0.4, 0.5) is 15.8 Å². The van der Waals surface area contributed by atoms with Crippen LogP contribution < -0.4 is 10.2 Å². The number of carbonyl (C=O) groups is 1. The van der Waals surface area contributed by atoms with Crippen LogP contribution in [0.15, 0.2) is 48.0 Å². The van der Waals surface area contributed by atoms with Crippen molar-refractivity contribution in [3.8, 4) is 6.07 Å². The summed E-state index contributed by atoms with van der Waals surface area (Å²) in [4.78, 5) is 14.3. The van der Waals surface area contributed by atoms with E-state index in [1.165, 1.54) is 12.1 Å². The molecule has 0 atom stereocenters. The lowest BCUT2D eigenvalue weighted by molar-refractivity contribution is -0.112. The summed E-state index contributed by atoms with van der Waals surface area (Å²) < 4.78 is 19.8. The number of nitrogens with zero attached hydrogens (tertiary/aromatic N) is 2. The number of amides is 1. The van der Waals surface area contributed by atoms with Gasteiger partial charge in [-0.05, 0) is 48.4 Å². The number of rotatable bonds is 4. The van der Waals surface area contributed by atoms with Gasteiger partial charge in [-0.1, -0.05) is 18.2 Å². The number of anilines is 2. The summed E-state index contributed by atoms with van der Waals surface area (Å²) in [6.07, 6.45) is 1.39. The van der Waals surface area contributed by atoms with Crippen molar-refractivity contribution in [3.05, 3.63) is 65.0 Å². The molecule has 1 aliphatic rings. The molecule has 0 saturated carbocycles. The number of hydrogen-bond acceptors (Lipinski definition) is 4. The van der Waals surface area contributed by atoms with Gasteiger partial charge in [0.05, 0.1) is 18.9 Å². The standard InChI is InChI=1S/C21H20FN3O2/c1-15-3-2-4-18(11-15)24-21(26)17(14-23)12-16-5-6-20(19(22)13-16)25-7-9-27-10-8-25/h2-6,11-13H,7-10H2,1H3,(H,24,26)/b17-12-. The highest BCUT2D eigenvalue weighted by Crippen LogP contribution is 2.23. The normalized spacial score (nSPS) is 14.6. The monoisotopic (exact) mass is 365 g/mol. The van der Waals surface area contributed by atoms with Crippen LogP contribution in [0.1, 0.15) is 11.1 Å². The summed E-state index contributed by atoms with van der Waals surface area (Å²) in [7, 11) is 0. The van der Waals surface area contributed by atoms with Gasteiger partial charge in [0.25, 0.3) is 5.91 Å². The third-order valence-corrected chi connectivity index (χ3v) is 4.28. The van der Waals surface area contributed by atoms with E-state index < -0.39 is 5.91 Å². The van der Waals surface area contributed by atoms with E-state index in [0.717, 1.165) is 5.56 Å². The maximum Gasteiger partial charge on any atom is 0.266 e. The maximum absolute atomic E-state index is 14.5. The second kappa shape index (κ2) is 8.47. The molecule has 1 aliphatic heterocycles. The zero-order valence-electron chi connectivity index (χ0n) is 15.0. The van der Waals surface area contributed by atoms with Crippen molar-refractivity contribution in [2.24, 2.45) is 0 Å². The highest BCUT2D eigenvalue weighted by molar-refractivity contribution is 6.09. The molecule has 1 saturated heterocycles. The Morgan fingerprint density at radius 1 is 1.26 bits per heavy atom. The van der Waals surface area contributed by atoms with Gasteiger partial charge in [-0.3, -0.25) is 4.79 Å². The van der Waals surface area contributed by atoms with Gasteiger partial charge >= 0.3 is 0 Å². The van der Waals surface area contributed by atoms with Gasteiger partial charge in [0, 0.05) is 18.8 Å². The smallest absolute Gasteiger partial charge is 0.266 e. The Kier molecular flexibility index (Phi) is 5.84. The summed E-state index contributed by atoms with van der Waals surface area (Å²) in [6, 6.07) is 13.9. The van der Waals surface area contributed by atoms with Gasteiger partial charge in [0.15, 0.2) is 0 Å². The molecule has 0 aliphatic carbocycles. The number of benzene rings is 2. The molecular weight excluding hydrogens is 345 g/mol. The highest BCUT2D eigenvalue weighted by Gasteiger charge is 2.16. The molecule has 3 rings (SSSR count). The maximum atomic E-state index is 14.5. The van der Waals surface area contributed by atoms with Crippen LogP contribution in [0.5, 0.6) is 0 Å². The summed E-state index contributed by atoms with van der Waals surface area (Å²) >= 11 is 0. The van der Waals surface area contributed by atoms with E-state index in [1.807, 2.05) is 36.1 Å². The first-order valence-corrected chi connectivity index (χ1v) is 8.69. The first-order chi connectivity index (χ1) is 13.1. The molecule has 1 heterocycles. The minimum Gasteiger partial charge on any atom is -0.378 e. The number of halogens is 1. The first-order valence-electron chi connectivity index (χ1n) is 8.69. The Morgan fingerprint density at radius 3 is 2.70 bits per heavy atom. The number of carbonyl (C=O) groups excluding carboxylic acids is 1. The van der Waals surface area contributed by atoms with E-state index in [1.54, 1.807) is 18.2 Å². The van der Waals surface area contributed by atoms with Crippen molar-refractivity contribution in [1.82, 2.24) is 0 Å². The predicted molar refractivity (Wildman–Crippen MR) is 103 cm³/mol. The van der Waals surface area contributed by atoms with Crippen LogP contribution in [-0.4, -0.2) is 32.2 Å². The van der Waals surface area contributed by atoms with Crippen LogP contribution in [0.25, 0.3) is 6.08 Å². The SMILES string of the molecule is Cc1cccc(NC(=O)/C(C#N)=C\c2ccc(N3CCOCC3)c(F)c2)c1. The fraction of sp³-hybridized carbons (Fsp3) is 0.238. The lowest BCUT2D eigenvalue weighted by Gasteiger charge is -2.29. The van der Waals surface area contributed by atoms with Crippen molar-refractivity contribution in [1.29, 1.82) is 5.26 Å². The van der Waals surface area contributed by atoms with Gasteiger partial charge in [-0.2, -0.15) is 5.26 Å². The van der Waals surface area contributed by atoms with E-state index in [2.05, 4.69) is 5.32 Å². The molecule has 1 fully saturated rings. The van der Waals surface area contributed by atoms with Gasteiger partial charge < -0.3 is 15.0 Å². The molecule has 2 aromatic rings. The van der Waals surface area contributed by atoms with E-state index in [-0.39, 0.29) is 11.4 Å². The quantitative estimate of drug-likeness (QED) is 0.665. The highest BCUT2D eigenvalue weighted by atomic mass is 19.1. The Balaban J connectivity index is 1.77. The Morgan fingerprint density at radius 2 is 2.04 bits per heavy atom. The van der Waals surface area contributed by atoms with Gasteiger partial charge in [-0.15, -0.1) is 0 Å². The zero-order valence-corrected chi connectivity index (χ0v) is 15.0. The fourth-order valence-electron chi connectivity index (χ4n) is 2.91. The molecule has 2 aromatic carbocycles. The fourth-order valence-corrected chi connectivity index (χ4v) is 2.91. The molecule has 0 aromatic heterocycles. The molecule has 138 valence electrons. The molecule has 1 N–H and O–H groups in total. The third-order valence-electron chi connectivity index (χ3n) is 4.28. The number of hydrogen-bond donors (Lipinski definition) is 1. The van der Waals surface area contributed by atoms with Crippen molar-refractivity contribution >= 4 is 23.4 Å². The molecule has 5 nitrogen and oxygen atoms in total. The van der Waals surface area contributed by atoms with Gasteiger partial charge in [-0.25, -0.2) is 4.39 Å². The second-order valence-corrected chi connectivity index (χ2v) is 6.30. The van der Waals surface area contributed by atoms with Crippen molar-refractivity contribution in [2.75, 3.05) is 36.5 Å². The molecule has 1 amide bonds. The molecule has 0 unspecified atom stereocenters. The van der Waals surface area contributed by atoms with Crippen molar-refractivity contribution in [2.45, 2.75) is 6.92 Å². The van der Waals surface area contributed by atoms with Crippen LogP contribution in [-0.2, 0) is 9.53 Å². The third kappa shape index (κ3) is 4.72. The van der Waals surface area contributed by atoms with Crippen LogP contribution in [0.2, 0.25) is 0 Å². The number of nitriles is 1. The Hall–Kier alpha value is -3.17. The van der Waals surface area contributed by atoms with Crippen molar-refractivity contribution in [3.63, 3.8) is 0 Å². The van der Waals surface area contributed by atoms with E-state index in [0.29, 0.717) is 43.2 Å². The van der Waals surface area contributed by atoms with Gasteiger partial charge in [0.2, 0.25) is 0 Å². The average molecular weight is 365 g/mol. The number of ether oxygens (including phenoxy) is 1. The van der Waals surface area contributed by atoms with E-state index in [9.17, 15) is 14.4 Å². The average Bonchev–Trinajstić information content (AvgIpc) is 2.67. The van der Waals surface area contributed by atoms with Crippen LogP contribution in [0, 0.1) is 24.1 Å². The summed E-state index contributed by atoms with van der Waals surface area (Å²) in [5, 5.41) is 12.0. The topological polar surface area (TPSA) is 65.4 Å². The minimum atomic E-state index is -0.527. The largest absolute Gasteiger partial charge is 0.378 e. The molecule has 0 radical (unpaired) electrons. The Bertz CT molecular complexity index is 912. The number of aryl methyl sites for hydroxylation is 1. The Labute approximate surface area is 157 Å². The second-order valence-electron chi connectivity index (χ2n) is 6.30.